The smallest absolute Gasteiger partial charge is 0.303 e. The third kappa shape index (κ3) is 4.53. The van der Waals surface area contributed by atoms with E-state index < -0.39 is 5.97 Å². The average molecular weight is 329 g/mol. The molecule has 19 heavy (non-hydrogen) atoms. The van der Waals surface area contributed by atoms with Crippen LogP contribution in [-0.4, -0.2) is 18.2 Å². The quantitative estimate of drug-likeness (QED) is 0.760. The van der Waals surface area contributed by atoms with Gasteiger partial charge in [-0.2, -0.15) is 0 Å². The molecule has 106 valence electrons. The summed E-state index contributed by atoms with van der Waals surface area (Å²) in [5, 5.41) is 8.60. The fourth-order valence-corrected chi connectivity index (χ4v) is 2.84. The number of halogens is 1. The third-order valence-corrected chi connectivity index (χ3v) is 4.13. The molecule has 0 bridgehead atoms. The largest absolute Gasteiger partial charge is 0.496 e. The molecule has 1 aromatic rings. The van der Waals surface area contributed by atoms with E-state index in [2.05, 4.69) is 28.9 Å². The first kappa shape index (κ1) is 16.0. The van der Waals surface area contributed by atoms with Crippen molar-refractivity contribution in [3.8, 4) is 5.75 Å². The lowest BCUT2D eigenvalue weighted by atomic mass is 9.98. The summed E-state index contributed by atoms with van der Waals surface area (Å²) in [6.07, 6.45) is 3.84. The first-order valence-corrected chi connectivity index (χ1v) is 7.31. The first-order chi connectivity index (χ1) is 8.97. The minimum Gasteiger partial charge on any atom is -0.496 e. The van der Waals surface area contributed by atoms with Crippen LogP contribution in [0, 0.1) is 13.8 Å². The fourth-order valence-electron chi connectivity index (χ4n) is 2.26. The summed E-state index contributed by atoms with van der Waals surface area (Å²) in [7, 11) is 1.70. The topological polar surface area (TPSA) is 46.5 Å². The molecule has 0 unspecified atom stereocenters. The van der Waals surface area contributed by atoms with Crippen molar-refractivity contribution in [2.75, 3.05) is 7.11 Å². The highest BCUT2D eigenvalue weighted by Crippen LogP contribution is 2.33. The summed E-state index contributed by atoms with van der Waals surface area (Å²) < 4.78 is 6.60. The van der Waals surface area contributed by atoms with Gasteiger partial charge in [0.25, 0.3) is 0 Å². The zero-order chi connectivity index (χ0) is 14.4. The number of rotatable bonds is 7. The molecular weight excluding hydrogens is 308 g/mol. The lowest BCUT2D eigenvalue weighted by molar-refractivity contribution is -0.137. The van der Waals surface area contributed by atoms with Crippen LogP contribution in [0.5, 0.6) is 5.75 Å². The molecule has 0 aliphatic rings. The molecule has 1 aromatic carbocycles. The van der Waals surface area contributed by atoms with Crippen LogP contribution in [0.1, 0.15) is 42.4 Å². The molecule has 0 aliphatic heterocycles. The predicted octanol–water partition coefficient (Wildman–Crippen LogP) is 4.26. The summed E-state index contributed by atoms with van der Waals surface area (Å²) in [6.45, 7) is 4.12. The highest BCUT2D eigenvalue weighted by molar-refractivity contribution is 9.10. The van der Waals surface area contributed by atoms with E-state index in [9.17, 15) is 4.79 Å². The summed E-state index contributed by atoms with van der Waals surface area (Å²) in [4.78, 5) is 10.5. The van der Waals surface area contributed by atoms with E-state index in [1.807, 2.05) is 6.92 Å². The normalized spacial score (nSPS) is 10.5. The van der Waals surface area contributed by atoms with Crippen LogP contribution in [0.15, 0.2) is 10.5 Å². The van der Waals surface area contributed by atoms with E-state index in [1.54, 1.807) is 7.11 Å². The van der Waals surface area contributed by atoms with Crippen molar-refractivity contribution in [1.82, 2.24) is 0 Å². The van der Waals surface area contributed by atoms with Crippen molar-refractivity contribution in [1.29, 1.82) is 0 Å². The monoisotopic (exact) mass is 328 g/mol. The molecule has 0 atom stereocenters. The van der Waals surface area contributed by atoms with Gasteiger partial charge in [0.2, 0.25) is 0 Å². The number of hydrogen-bond acceptors (Lipinski definition) is 2. The van der Waals surface area contributed by atoms with Crippen molar-refractivity contribution in [2.24, 2.45) is 0 Å². The maximum Gasteiger partial charge on any atom is 0.303 e. The second kappa shape index (κ2) is 7.53. The Morgan fingerprint density at radius 1 is 1.32 bits per heavy atom. The van der Waals surface area contributed by atoms with Crippen LogP contribution >= 0.6 is 15.9 Å². The third-order valence-electron chi connectivity index (χ3n) is 3.31. The van der Waals surface area contributed by atoms with E-state index in [0.29, 0.717) is 0 Å². The first-order valence-electron chi connectivity index (χ1n) is 6.51. The molecule has 0 amide bonds. The zero-order valence-corrected chi connectivity index (χ0v) is 13.3. The van der Waals surface area contributed by atoms with Crippen LogP contribution in [0.2, 0.25) is 0 Å². The van der Waals surface area contributed by atoms with Crippen molar-refractivity contribution >= 4 is 21.9 Å². The number of benzene rings is 1. The second-order valence-electron chi connectivity index (χ2n) is 4.77. The molecule has 4 heteroatoms. The number of unbranched alkanes of at least 4 members (excludes halogenated alkanes) is 2. The van der Waals surface area contributed by atoms with Gasteiger partial charge in [-0.3, -0.25) is 4.79 Å². The maximum atomic E-state index is 10.5. The van der Waals surface area contributed by atoms with Crippen LogP contribution in [-0.2, 0) is 11.2 Å². The Morgan fingerprint density at radius 2 is 2.00 bits per heavy atom. The van der Waals surface area contributed by atoms with Gasteiger partial charge in [-0.05, 0) is 55.9 Å². The molecule has 0 saturated heterocycles. The lowest BCUT2D eigenvalue weighted by Gasteiger charge is -2.16. The molecule has 0 fully saturated rings. The lowest BCUT2D eigenvalue weighted by Crippen LogP contribution is -2.00. The summed E-state index contributed by atoms with van der Waals surface area (Å²) in [5.74, 6) is 0.242. The number of methoxy groups -OCH3 is 1. The number of carboxylic acids is 1. The fraction of sp³-hybridized carbons (Fsp3) is 0.533. The van der Waals surface area contributed by atoms with Crippen LogP contribution in [0.3, 0.4) is 0 Å². The van der Waals surface area contributed by atoms with E-state index in [-0.39, 0.29) is 6.42 Å². The second-order valence-corrected chi connectivity index (χ2v) is 5.62. The van der Waals surface area contributed by atoms with Gasteiger partial charge in [0, 0.05) is 10.9 Å². The van der Waals surface area contributed by atoms with Crippen molar-refractivity contribution in [3.63, 3.8) is 0 Å². The molecule has 0 spiro atoms. The molecule has 0 saturated carbocycles. The number of hydrogen-bond donors (Lipinski definition) is 1. The highest BCUT2D eigenvalue weighted by atomic mass is 79.9. The van der Waals surface area contributed by atoms with E-state index in [4.69, 9.17) is 9.84 Å². The Bertz CT molecular complexity index is 455. The highest BCUT2D eigenvalue weighted by Gasteiger charge is 2.12. The van der Waals surface area contributed by atoms with E-state index in [1.165, 1.54) is 11.1 Å². The van der Waals surface area contributed by atoms with Crippen molar-refractivity contribution in [3.05, 3.63) is 27.2 Å². The summed E-state index contributed by atoms with van der Waals surface area (Å²) >= 11 is 3.57. The molecule has 0 aromatic heterocycles. The van der Waals surface area contributed by atoms with Gasteiger partial charge in [-0.25, -0.2) is 0 Å². The van der Waals surface area contributed by atoms with Gasteiger partial charge in [-0.1, -0.05) is 22.4 Å². The molecule has 1 rings (SSSR count). The Kier molecular flexibility index (Phi) is 6.35. The van der Waals surface area contributed by atoms with Gasteiger partial charge >= 0.3 is 5.97 Å². The van der Waals surface area contributed by atoms with Crippen molar-refractivity contribution < 1.29 is 14.6 Å². The number of ether oxygens (including phenoxy) is 1. The molecule has 0 radical (unpaired) electrons. The Hall–Kier alpha value is -1.03. The van der Waals surface area contributed by atoms with E-state index in [0.717, 1.165) is 41.5 Å². The number of aliphatic carboxylic acids is 1. The number of carboxylic acid groups (broad SMARTS) is 1. The van der Waals surface area contributed by atoms with Crippen LogP contribution in [0.25, 0.3) is 0 Å². The van der Waals surface area contributed by atoms with Gasteiger partial charge in [0.1, 0.15) is 5.75 Å². The summed E-state index contributed by atoms with van der Waals surface area (Å²) in [5.41, 5.74) is 3.56. The molecule has 0 aliphatic carbocycles. The molecule has 0 heterocycles. The van der Waals surface area contributed by atoms with Crippen LogP contribution < -0.4 is 4.74 Å². The molecule has 3 nitrogen and oxygen atoms in total. The minimum atomic E-state index is -0.716. The van der Waals surface area contributed by atoms with Crippen molar-refractivity contribution in [2.45, 2.75) is 46.0 Å². The number of aryl methyl sites for hydroxylation is 1. The number of carbonyl (C=O) groups is 1. The van der Waals surface area contributed by atoms with Gasteiger partial charge in [-0.15, -0.1) is 0 Å². The van der Waals surface area contributed by atoms with E-state index >= 15 is 0 Å². The summed E-state index contributed by atoms with van der Waals surface area (Å²) in [6, 6.07) is 2.07. The Morgan fingerprint density at radius 3 is 2.58 bits per heavy atom. The molecule has 1 N–H and O–H groups in total. The van der Waals surface area contributed by atoms with Gasteiger partial charge < -0.3 is 9.84 Å². The predicted molar refractivity (Wildman–Crippen MR) is 80.0 cm³/mol. The molecular formula is C15H21BrO3. The van der Waals surface area contributed by atoms with Gasteiger partial charge in [0.05, 0.1) is 7.11 Å². The Labute approximate surface area is 123 Å². The minimum absolute atomic E-state index is 0.258. The Balaban J connectivity index is 2.69. The SMILES string of the molecule is COc1c(C)cc(Br)c(C)c1CCCCCC(=O)O. The maximum absolute atomic E-state index is 10.5. The standard InChI is InChI=1S/C15H21BrO3/c1-10-9-13(16)11(2)12(15(10)19-3)7-5-4-6-8-14(17)18/h9H,4-8H2,1-3H3,(H,17,18). The van der Waals surface area contributed by atoms with Gasteiger partial charge in [0.15, 0.2) is 0 Å². The zero-order valence-electron chi connectivity index (χ0n) is 11.8. The van der Waals surface area contributed by atoms with Crippen LogP contribution in [0.4, 0.5) is 0 Å². The average Bonchev–Trinajstić information content (AvgIpc) is 2.34.